The molecular formula is C11H13BrClN3. The molecule has 2 rings (SSSR count). The lowest BCUT2D eigenvalue weighted by molar-refractivity contribution is 0.959. The van der Waals surface area contributed by atoms with Gasteiger partial charge in [-0.2, -0.15) is 0 Å². The molecule has 0 aliphatic carbocycles. The Balaban J connectivity index is 2.38. The van der Waals surface area contributed by atoms with E-state index in [9.17, 15) is 0 Å². The number of rotatable bonds is 1. The minimum Gasteiger partial charge on any atom is -0.354 e. The highest BCUT2D eigenvalue weighted by molar-refractivity contribution is 9.10. The molecule has 16 heavy (non-hydrogen) atoms. The molecule has 1 aliphatic heterocycles. The first kappa shape index (κ1) is 11.7. The van der Waals surface area contributed by atoms with Crippen LogP contribution in [-0.2, 0) is 0 Å². The van der Waals surface area contributed by atoms with Crippen molar-refractivity contribution in [2.75, 3.05) is 18.4 Å². The van der Waals surface area contributed by atoms with Crippen molar-refractivity contribution in [3.63, 3.8) is 0 Å². The van der Waals surface area contributed by atoms with Gasteiger partial charge in [0.15, 0.2) is 5.96 Å². The first-order chi connectivity index (χ1) is 7.59. The SMILES string of the molecule is Cc1cc(Cl)c(Br)c(NC2=NCCN2)c1C. The number of nitrogens with zero attached hydrogens (tertiary/aromatic N) is 1. The Morgan fingerprint density at radius 3 is 2.88 bits per heavy atom. The Morgan fingerprint density at radius 2 is 2.25 bits per heavy atom. The van der Waals surface area contributed by atoms with E-state index < -0.39 is 0 Å². The Labute approximate surface area is 108 Å². The minimum absolute atomic E-state index is 0.712. The van der Waals surface area contributed by atoms with Gasteiger partial charge in [0.1, 0.15) is 0 Å². The Hall–Kier alpha value is -0.740. The van der Waals surface area contributed by atoms with Crippen LogP contribution in [0.15, 0.2) is 15.5 Å². The van der Waals surface area contributed by atoms with Crippen LogP contribution in [0.3, 0.4) is 0 Å². The molecule has 5 heteroatoms. The van der Waals surface area contributed by atoms with Crippen LogP contribution in [0.5, 0.6) is 0 Å². The van der Waals surface area contributed by atoms with Crippen molar-refractivity contribution in [1.29, 1.82) is 0 Å². The number of nitrogens with one attached hydrogen (secondary N) is 2. The molecule has 1 aliphatic rings. The highest BCUT2D eigenvalue weighted by atomic mass is 79.9. The standard InChI is InChI=1S/C11H13BrClN3/c1-6-5-8(13)9(12)10(7(6)2)16-11-14-3-4-15-11/h5H,3-4H2,1-2H3,(H2,14,15,16). The predicted molar refractivity (Wildman–Crippen MR) is 72.6 cm³/mol. The smallest absolute Gasteiger partial charge is 0.195 e. The summed E-state index contributed by atoms with van der Waals surface area (Å²) in [5, 5.41) is 7.15. The molecule has 1 heterocycles. The van der Waals surface area contributed by atoms with Crippen molar-refractivity contribution in [2.45, 2.75) is 13.8 Å². The van der Waals surface area contributed by atoms with Gasteiger partial charge in [-0.3, -0.25) is 4.99 Å². The molecule has 2 N–H and O–H groups in total. The van der Waals surface area contributed by atoms with Gasteiger partial charge in [-0.15, -0.1) is 0 Å². The summed E-state index contributed by atoms with van der Waals surface area (Å²) in [5.74, 6) is 0.811. The first-order valence-corrected chi connectivity index (χ1v) is 6.27. The van der Waals surface area contributed by atoms with E-state index in [-0.39, 0.29) is 0 Å². The topological polar surface area (TPSA) is 36.4 Å². The zero-order valence-corrected chi connectivity index (χ0v) is 11.5. The van der Waals surface area contributed by atoms with Crippen molar-refractivity contribution >= 4 is 39.2 Å². The average Bonchev–Trinajstić information content (AvgIpc) is 2.74. The molecule has 0 saturated carbocycles. The van der Waals surface area contributed by atoms with Crippen molar-refractivity contribution in [3.05, 3.63) is 26.7 Å². The fourth-order valence-electron chi connectivity index (χ4n) is 1.59. The van der Waals surface area contributed by atoms with Gasteiger partial charge in [0.05, 0.1) is 21.7 Å². The van der Waals surface area contributed by atoms with E-state index in [0.717, 1.165) is 34.8 Å². The van der Waals surface area contributed by atoms with E-state index in [1.54, 1.807) is 0 Å². The van der Waals surface area contributed by atoms with Gasteiger partial charge in [0.2, 0.25) is 0 Å². The number of aryl methyl sites for hydroxylation is 1. The number of hydrogen-bond acceptors (Lipinski definition) is 3. The molecule has 0 aromatic heterocycles. The summed E-state index contributed by atoms with van der Waals surface area (Å²) in [7, 11) is 0. The fourth-order valence-corrected chi connectivity index (χ4v) is 2.36. The molecule has 0 radical (unpaired) electrons. The molecule has 86 valence electrons. The number of halogens is 2. The highest BCUT2D eigenvalue weighted by Crippen LogP contribution is 2.35. The highest BCUT2D eigenvalue weighted by Gasteiger charge is 2.13. The van der Waals surface area contributed by atoms with Crippen LogP contribution in [0.1, 0.15) is 11.1 Å². The van der Waals surface area contributed by atoms with E-state index in [1.807, 2.05) is 13.0 Å². The molecule has 0 unspecified atom stereocenters. The molecule has 0 saturated heterocycles. The summed E-state index contributed by atoms with van der Waals surface area (Å²) in [5.41, 5.74) is 3.32. The predicted octanol–water partition coefficient (Wildman–Crippen LogP) is 3.09. The quantitative estimate of drug-likeness (QED) is 0.836. The second-order valence-corrected chi connectivity index (χ2v) is 4.97. The lowest BCUT2D eigenvalue weighted by atomic mass is 10.1. The van der Waals surface area contributed by atoms with Crippen molar-refractivity contribution in [3.8, 4) is 0 Å². The molecular weight excluding hydrogens is 289 g/mol. The van der Waals surface area contributed by atoms with Crippen LogP contribution in [0.25, 0.3) is 0 Å². The fraction of sp³-hybridized carbons (Fsp3) is 0.364. The van der Waals surface area contributed by atoms with Gasteiger partial charge >= 0.3 is 0 Å². The van der Waals surface area contributed by atoms with Crippen LogP contribution < -0.4 is 10.6 Å². The lowest BCUT2D eigenvalue weighted by Crippen LogP contribution is -2.26. The molecule has 0 bridgehead atoms. The normalized spacial score (nSPS) is 14.6. The van der Waals surface area contributed by atoms with Crippen LogP contribution in [0.2, 0.25) is 5.02 Å². The van der Waals surface area contributed by atoms with E-state index in [1.165, 1.54) is 5.56 Å². The van der Waals surface area contributed by atoms with Crippen molar-refractivity contribution in [1.82, 2.24) is 5.32 Å². The van der Waals surface area contributed by atoms with Gasteiger partial charge < -0.3 is 10.6 Å². The van der Waals surface area contributed by atoms with Gasteiger partial charge in [0, 0.05) is 6.54 Å². The number of hydrogen-bond donors (Lipinski definition) is 2. The van der Waals surface area contributed by atoms with Crippen molar-refractivity contribution < 1.29 is 0 Å². The maximum atomic E-state index is 6.13. The maximum Gasteiger partial charge on any atom is 0.195 e. The monoisotopic (exact) mass is 301 g/mol. The average molecular weight is 303 g/mol. The summed E-state index contributed by atoms with van der Waals surface area (Å²) < 4.78 is 0.883. The lowest BCUT2D eigenvalue weighted by Gasteiger charge is -2.15. The van der Waals surface area contributed by atoms with E-state index in [0.29, 0.717) is 5.02 Å². The number of anilines is 1. The Kier molecular flexibility index (Phi) is 3.40. The summed E-state index contributed by atoms with van der Waals surface area (Å²) in [6, 6.07) is 1.95. The van der Waals surface area contributed by atoms with E-state index in [2.05, 4.69) is 38.5 Å². The molecule has 0 fully saturated rings. The molecule has 0 atom stereocenters. The summed E-state index contributed by atoms with van der Waals surface area (Å²) in [6.07, 6.45) is 0. The van der Waals surface area contributed by atoms with E-state index >= 15 is 0 Å². The third-order valence-corrected chi connectivity index (χ3v) is 4.01. The largest absolute Gasteiger partial charge is 0.354 e. The minimum atomic E-state index is 0.712. The molecule has 0 amide bonds. The van der Waals surface area contributed by atoms with Gasteiger partial charge in [-0.1, -0.05) is 11.6 Å². The number of benzene rings is 1. The summed E-state index contributed by atoms with van der Waals surface area (Å²) >= 11 is 9.62. The zero-order chi connectivity index (χ0) is 11.7. The van der Waals surface area contributed by atoms with E-state index in [4.69, 9.17) is 11.6 Å². The van der Waals surface area contributed by atoms with Gasteiger partial charge in [-0.25, -0.2) is 0 Å². The van der Waals surface area contributed by atoms with Crippen LogP contribution in [-0.4, -0.2) is 19.0 Å². The van der Waals surface area contributed by atoms with Crippen LogP contribution in [0, 0.1) is 13.8 Å². The molecule has 3 nitrogen and oxygen atoms in total. The zero-order valence-electron chi connectivity index (χ0n) is 9.19. The Morgan fingerprint density at radius 1 is 1.50 bits per heavy atom. The molecule has 1 aromatic rings. The third-order valence-electron chi connectivity index (χ3n) is 2.66. The van der Waals surface area contributed by atoms with Crippen molar-refractivity contribution in [2.24, 2.45) is 4.99 Å². The summed E-state index contributed by atoms with van der Waals surface area (Å²) in [6.45, 7) is 5.81. The van der Waals surface area contributed by atoms with Crippen LogP contribution >= 0.6 is 27.5 Å². The second-order valence-electron chi connectivity index (χ2n) is 3.77. The third kappa shape index (κ3) is 2.18. The maximum absolute atomic E-state index is 6.13. The number of aliphatic imine (C=N–C) groups is 1. The Bertz CT molecular complexity index is 431. The number of guanidine groups is 1. The molecule has 1 aromatic carbocycles. The summed E-state index contributed by atoms with van der Waals surface area (Å²) in [4.78, 5) is 4.30. The van der Waals surface area contributed by atoms with Gasteiger partial charge in [0.25, 0.3) is 0 Å². The van der Waals surface area contributed by atoms with Gasteiger partial charge in [-0.05, 0) is 47.0 Å². The first-order valence-electron chi connectivity index (χ1n) is 5.10. The molecule has 0 spiro atoms. The second kappa shape index (κ2) is 4.63. The van der Waals surface area contributed by atoms with Crippen LogP contribution in [0.4, 0.5) is 5.69 Å².